The number of sulfonamides is 1. The number of fused-ring (bicyclic) bond motifs is 2. The maximum atomic E-state index is 13.0. The zero-order valence-corrected chi connectivity index (χ0v) is 16.3. The number of para-hydroxylation sites is 2. The van der Waals surface area contributed by atoms with E-state index in [1.54, 1.807) is 18.3 Å². The van der Waals surface area contributed by atoms with Crippen LogP contribution in [0.15, 0.2) is 53.6 Å². The van der Waals surface area contributed by atoms with Crippen LogP contribution in [-0.4, -0.2) is 55.1 Å². The highest BCUT2D eigenvalue weighted by molar-refractivity contribution is 7.89. The molecule has 0 N–H and O–H groups in total. The summed E-state index contributed by atoms with van der Waals surface area (Å²) in [6.45, 7) is 1.50. The number of aromatic nitrogens is 2. The zero-order valence-electron chi connectivity index (χ0n) is 15.5. The van der Waals surface area contributed by atoms with E-state index in [4.69, 9.17) is 14.2 Å². The van der Waals surface area contributed by atoms with Gasteiger partial charge in [0.1, 0.15) is 19.3 Å². The fourth-order valence-corrected chi connectivity index (χ4v) is 5.02. The molecule has 0 radical (unpaired) electrons. The molecule has 0 aliphatic carbocycles. The van der Waals surface area contributed by atoms with Gasteiger partial charge in [0.15, 0.2) is 11.5 Å². The summed E-state index contributed by atoms with van der Waals surface area (Å²) in [6, 6.07) is 12.2. The quantitative estimate of drug-likeness (QED) is 0.648. The molecule has 1 saturated heterocycles. The molecule has 3 heterocycles. The lowest BCUT2D eigenvalue weighted by Crippen LogP contribution is -2.31. The van der Waals surface area contributed by atoms with E-state index in [1.165, 1.54) is 10.4 Å². The fraction of sp³-hybridized carbons (Fsp3) is 0.300. The average Bonchev–Trinajstić information content (AvgIpc) is 3.22. The molecule has 5 rings (SSSR count). The number of benzene rings is 2. The van der Waals surface area contributed by atoms with E-state index in [0.29, 0.717) is 43.6 Å². The highest BCUT2D eigenvalue weighted by Crippen LogP contribution is 2.34. The fourth-order valence-electron chi connectivity index (χ4n) is 3.51. The summed E-state index contributed by atoms with van der Waals surface area (Å²) < 4.78 is 44.4. The van der Waals surface area contributed by atoms with Gasteiger partial charge in [-0.1, -0.05) is 12.1 Å². The van der Waals surface area contributed by atoms with Crippen molar-refractivity contribution in [1.82, 2.24) is 14.3 Å². The number of rotatable bonds is 4. The van der Waals surface area contributed by atoms with Crippen LogP contribution in [0.4, 0.5) is 0 Å². The summed E-state index contributed by atoms with van der Waals surface area (Å²) >= 11 is 0. The van der Waals surface area contributed by atoms with Crippen LogP contribution in [-0.2, 0) is 10.0 Å². The minimum absolute atomic E-state index is 0.188. The first-order valence-electron chi connectivity index (χ1n) is 9.38. The molecule has 1 fully saturated rings. The van der Waals surface area contributed by atoms with Crippen molar-refractivity contribution in [2.45, 2.75) is 17.4 Å². The summed E-state index contributed by atoms with van der Waals surface area (Å²) in [5.41, 5.74) is 1.53. The first-order valence-corrected chi connectivity index (χ1v) is 10.8. The molecular formula is C20H19N3O5S. The minimum Gasteiger partial charge on any atom is -0.486 e. The predicted octanol–water partition coefficient (Wildman–Crippen LogP) is 2.24. The van der Waals surface area contributed by atoms with E-state index in [2.05, 4.69) is 9.97 Å². The van der Waals surface area contributed by atoms with Crippen LogP contribution in [0.1, 0.15) is 6.42 Å². The van der Waals surface area contributed by atoms with Gasteiger partial charge in [0.05, 0.1) is 28.7 Å². The summed E-state index contributed by atoms with van der Waals surface area (Å²) in [5, 5.41) is 0. The molecule has 2 aliphatic heterocycles. The Labute approximate surface area is 168 Å². The molecule has 0 amide bonds. The second-order valence-corrected chi connectivity index (χ2v) is 8.83. The molecule has 150 valence electrons. The van der Waals surface area contributed by atoms with E-state index in [1.807, 2.05) is 24.3 Å². The first kappa shape index (κ1) is 18.1. The Kier molecular flexibility index (Phi) is 4.48. The Morgan fingerprint density at radius 3 is 2.69 bits per heavy atom. The van der Waals surface area contributed by atoms with E-state index in [9.17, 15) is 8.42 Å². The normalized spacial score (nSPS) is 19.4. The third kappa shape index (κ3) is 3.47. The molecule has 1 aromatic heterocycles. The molecule has 0 saturated carbocycles. The van der Waals surface area contributed by atoms with Gasteiger partial charge >= 0.3 is 0 Å². The highest BCUT2D eigenvalue weighted by atomic mass is 32.2. The molecule has 9 heteroatoms. The number of nitrogens with zero attached hydrogens (tertiary/aromatic N) is 3. The van der Waals surface area contributed by atoms with Crippen molar-refractivity contribution in [2.75, 3.05) is 26.3 Å². The second kappa shape index (κ2) is 7.16. The van der Waals surface area contributed by atoms with Crippen LogP contribution in [0.3, 0.4) is 0 Å². The lowest BCUT2D eigenvalue weighted by Gasteiger charge is -2.21. The lowest BCUT2D eigenvalue weighted by atomic mass is 10.3. The van der Waals surface area contributed by atoms with Gasteiger partial charge in [-0.05, 0) is 30.7 Å². The molecule has 2 aromatic carbocycles. The van der Waals surface area contributed by atoms with Gasteiger partial charge in [0, 0.05) is 12.6 Å². The van der Waals surface area contributed by atoms with Crippen molar-refractivity contribution in [3.8, 4) is 17.4 Å². The molecule has 2 aliphatic rings. The van der Waals surface area contributed by atoms with Crippen LogP contribution >= 0.6 is 0 Å². The van der Waals surface area contributed by atoms with Crippen LogP contribution in [0.5, 0.6) is 17.4 Å². The Morgan fingerprint density at radius 1 is 1.03 bits per heavy atom. The van der Waals surface area contributed by atoms with Gasteiger partial charge in [0.2, 0.25) is 15.9 Å². The van der Waals surface area contributed by atoms with Gasteiger partial charge in [-0.25, -0.2) is 18.4 Å². The van der Waals surface area contributed by atoms with Crippen molar-refractivity contribution in [1.29, 1.82) is 0 Å². The van der Waals surface area contributed by atoms with Crippen LogP contribution < -0.4 is 14.2 Å². The SMILES string of the molecule is O=S(=O)(c1ccc2c(c1)OCCO2)N1CCC(Oc2cnc3ccccc3n2)C1. The number of hydrogen-bond donors (Lipinski definition) is 0. The van der Waals surface area contributed by atoms with E-state index < -0.39 is 10.0 Å². The summed E-state index contributed by atoms with van der Waals surface area (Å²) in [7, 11) is -3.65. The monoisotopic (exact) mass is 413 g/mol. The molecule has 29 heavy (non-hydrogen) atoms. The Morgan fingerprint density at radius 2 is 1.83 bits per heavy atom. The highest BCUT2D eigenvalue weighted by Gasteiger charge is 2.34. The van der Waals surface area contributed by atoms with Gasteiger partial charge in [0.25, 0.3) is 0 Å². The number of hydrogen-bond acceptors (Lipinski definition) is 7. The van der Waals surface area contributed by atoms with Crippen molar-refractivity contribution in [3.05, 3.63) is 48.7 Å². The van der Waals surface area contributed by atoms with Crippen molar-refractivity contribution in [3.63, 3.8) is 0 Å². The molecule has 1 atom stereocenters. The Balaban J connectivity index is 1.31. The van der Waals surface area contributed by atoms with E-state index in [-0.39, 0.29) is 17.5 Å². The minimum atomic E-state index is -3.65. The smallest absolute Gasteiger partial charge is 0.243 e. The average molecular weight is 413 g/mol. The predicted molar refractivity (Wildman–Crippen MR) is 105 cm³/mol. The van der Waals surface area contributed by atoms with Crippen LogP contribution in [0.25, 0.3) is 11.0 Å². The molecule has 0 bridgehead atoms. The van der Waals surface area contributed by atoms with Crippen LogP contribution in [0, 0.1) is 0 Å². The van der Waals surface area contributed by atoms with Crippen molar-refractivity contribution in [2.24, 2.45) is 0 Å². The van der Waals surface area contributed by atoms with Crippen LogP contribution in [0.2, 0.25) is 0 Å². The molecule has 0 spiro atoms. The largest absolute Gasteiger partial charge is 0.486 e. The van der Waals surface area contributed by atoms with Gasteiger partial charge < -0.3 is 14.2 Å². The van der Waals surface area contributed by atoms with Gasteiger partial charge in [-0.15, -0.1) is 0 Å². The molecule has 8 nitrogen and oxygen atoms in total. The Bertz CT molecular complexity index is 1170. The number of ether oxygens (including phenoxy) is 3. The van der Waals surface area contributed by atoms with Gasteiger partial charge in [-0.2, -0.15) is 4.31 Å². The van der Waals surface area contributed by atoms with Crippen molar-refractivity contribution < 1.29 is 22.6 Å². The first-order chi connectivity index (χ1) is 14.1. The maximum absolute atomic E-state index is 13.0. The van der Waals surface area contributed by atoms with Gasteiger partial charge in [-0.3, -0.25) is 0 Å². The Hall–Kier alpha value is -2.91. The van der Waals surface area contributed by atoms with E-state index in [0.717, 1.165) is 11.0 Å². The van der Waals surface area contributed by atoms with Crippen molar-refractivity contribution >= 4 is 21.1 Å². The topological polar surface area (TPSA) is 90.9 Å². The zero-order chi connectivity index (χ0) is 19.8. The summed E-state index contributed by atoms with van der Waals surface area (Å²) in [5.74, 6) is 1.41. The second-order valence-electron chi connectivity index (χ2n) is 6.89. The third-order valence-corrected chi connectivity index (χ3v) is 6.83. The third-order valence-electron chi connectivity index (χ3n) is 4.97. The molecule has 3 aromatic rings. The summed E-state index contributed by atoms with van der Waals surface area (Å²) in [6.07, 6.45) is 1.87. The standard InChI is InChI=1S/C20H19N3O5S/c24-29(25,15-5-6-18-19(11-15)27-10-9-26-18)23-8-7-14(13-23)28-20-12-21-16-3-1-2-4-17(16)22-20/h1-6,11-12,14H,7-10,13H2. The summed E-state index contributed by atoms with van der Waals surface area (Å²) in [4.78, 5) is 8.97. The molecule has 1 unspecified atom stereocenters. The lowest BCUT2D eigenvalue weighted by molar-refractivity contribution is 0.171. The van der Waals surface area contributed by atoms with E-state index >= 15 is 0 Å². The maximum Gasteiger partial charge on any atom is 0.243 e. The molecular weight excluding hydrogens is 394 g/mol.